The summed E-state index contributed by atoms with van der Waals surface area (Å²) >= 11 is 0. The Bertz CT molecular complexity index is 891. The molecule has 1 amide bonds. The minimum Gasteiger partial charge on any atom is -0.497 e. The van der Waals surface area contributed by atoms with Crippen LogP contribution >= 0.6 is 0 Å². The second-order valence-corrected chi connectivity index (χ2v) is 7.53. The van der Waals surface area contributed by atoms with E-state index >= 15 is 0 Å². The standard InChI is InChI=1S/C23H27NO6/c1-26-18-7-9-20(27-2)15(11-18)12-23(25)24-16-3-5-17(6-4-16)30-19-8-10-21-22(13-19)29-14-28-21/h7-11,13,16-17H,3-6,12,14H2,1-2H3,(H,24,25). The van der Waals surface area contributed by atoms with Gasteiger partial charge in [-0.05, 0) is 56.0 Å². The van der Waals surface area contributed by atoms with E-state index in [1.807, 2.05) is 36.4 Å². The number of ether oxygens (including phenoxy) is 5. The quantitative estimate of drug-likeness (QED) is 0.749. The topological polar surface area (TPSA) is 75.3 Å². The highest BCUT2D eigenvalue weighted by molar-refractivity contribution is 5.79. The van der Waals surface area contributed by atoms with Gasteiger partial charge >= 0.3 is 0 Å². The molecule has 0 radical (unpaired) electrons. The molecule has 1 N–H and O–H groups in total. The van der Waals surface area contributed by atoms with E-state index in [4.69, 9.17) is 23.7 Å². The Balaban J connectivity index is 1.26. The van der Waals surface area contributed by atoms with Crippen molar-refractivity contribution < 1.29 is 28.5 Å². The van der Waals surface area contributed by atoms with Crippen LogP contribution in [0.5, 0.6) is 28.7 Å². The van der Waals surface area contributed by atoms with E-state index in [-0.39, 0.29) is 31.3 Å². The molecule has 7 nitrogen and oxygen atoms in total. The van der Waals surface area contributed by atoms with Crippen LogP contribution in [-0.2, 0) is 11.2 Å². The van der Waals surface area contributed by atoms with E-state index in [1.165, 1.54) is 0 Å². The fourth-order valence-electron chi connectivity index (χ4n) is 3.94. The Morgan fingerprint density at radius 1 is 0.967 bits per heavy atom. The van der Waals surface area contributed by atoms with Gasteiger partial charge < -0.3 is 29.0 Å². The van der Waals surface area contributed by atoms with Crippen molar-refractivity contribution in [2.75, 3.05) is 21.0 Å². The van der Waals surface area contributed by atoms with Gasteiger partial charge in [0.2, 0.25) is 12.7 Å². The van der Waals surface area contributed by atoms with Gasteiger partial charge in [0, 0.05) is 17.7 Å². The number of carbonyl (C=O) groups is 1. The number of rotatable bonds is 7. The van der Waals surface area contributed by atoms with Crippen molar-refractivity contribution in [3.8, 4) is 28.7 Å². The minimum absolute atomic E-state index is 0.0123. The molecule has 1 aliphatic heterocycles. The van der Waals surface area contributed by atoms with Gasteiger partial charge in [0.15, 0.2) is 11.5 Å². The van der Waals surface area contributed by atoms with E-state index in [1.54, 1.807) is 14.2 Å². The van der Waals surface area contributed by atoms with Crippen LogP contribution in [0.3, 0.4) is 0 Å². The van der Waals surface area contributed by atoms with Crippen LogP contribution in [0.1, 0.15) is 31.2 Å². The highest BCUT2D eigenvalue weighted by Gasteiger charge is 2.25. The van der Waals surface area contributed by atoms with Crippen molar-refractivity contribution in [2.24, 2.45) is 0 Å². The molecule has 30 heavy (non-hydrogen) atoms. The van der Waals surface area contributed by atoms with Crippen LogP contribution in [0, 0.1) is 0 Å². The summed E-state index contributed by atoms with van der Waals surface area (Å²) in [5.41, 5.74) is 0.814. The summed E-state index contributed by atoms with van der Waals surface area (Å²) in [4.78, 5) is 12.6. The number of nitrogens with one attached hydrogen (secondary N) is 1. The predicted octanol–water partition coefficient (Wildman–Crippen LogP) is 3.48. The first-order valence-electron chi connectivity index (χ1n) is 10.2. The molecule has 0 bridgehead atoms. The molecule has 1 saturated carbocycles. The maximum atomic E-state index is 12.6. The molecule has 2 aromatic rings. The largest absolute Gasteiger partial charge is 0.497 e. The number of hydrogen-bond acceptors (Lipinski definition) is 6. The van der Waals surface area contributed by atoms with Gasteiger partial charge in [0.1, 0.15) is 17.2 Å². The summed E-state index contributed by atoms with van der Waals surface area (Å²) in [7, 11) is 3.21. The van der Waals surface area contributed by atoms with E-state index < -0.39 is 0 Å². The lowest BCUT2D eigenvalue weighted by atomic mass is 9.92. The Morgan fingerprint density at radius 2 is 1.73 bits per heavy atom. The number of carbonyl (C=O) groups excluding carboxylic acids is 1. The molecule has 2 aliphatic rings. The second-order valence-electron chi connectivity index (χ2n) is 7.53. The number of fused-ring (bicyclic) bond motifs is 1. The van der Waals surface area contributed by atoms with Crippen LogP contribution < -0.4 is 29.0 Å². The third-order valence-corrected chi connectivity index (χ3v) is 5.52. The lowest BCUT2D eigenvalue weighted by Crippen LogP contribution is -2.40. The second kappa shape index (κ2) is 9.15. The lowest BCUT2D eigenvalue weighted by molar-refractivity contribution is -0.121. The maximum absolute atomic E-state index is 12.6. The van der Waals surface area contributed by atoms with Gasteiger partial charge in [-0.25, -0.2) is 0 Å². The van der Waals surface area contributed by atoms with Gasteiger partial charge in [0.25, 0.3) is 0 Å². The maximum Gasteiger partial charge on any atom is 0.231 e. The smallest absolute Gasteiger partial charge is 0.231 e. The van der Waals surface area contributed by atoms with Crippen molar-refractivity contribution in [2.45, 2.75) is 44.2 Å². The summed E-state index contributed by atoms with van der Waals surface area (Å²) in [6.07, 6.45) is 3.95. The molecular weight excluding hydrogens is 386 g/mol. The molecule has 160 valence electrons. The average molecular weight is 413 g/mol. The highest BCUT2D eigenvalue weighted by Crippen LogP contribution is 2.36. The van der Waals surface area contributed by atoms with E-state index in [2.05, 4.69) is 5.32 Å². The summed E-state index contributed by atoms with van der Waals surface area (Å²) in [5, 5.41) is 3.15. The Labute approximate surface area is 176 Å². The summed E-state index contributed by atoms with van der Waals surface area (Å²) < 4.78 is 27.5. The summed E-state index contributed by atoms with van der Waals surface area (Å²) in [5.74, 6) is 3.65. The Morgan fingerprint density at radius 3 is 2.50 bits per heavy atom. The molecule has 7 heteroatoms. The van der Waals surface area contributed by atoms with Crippen molar-refractivity contribution in [3.05, 3.63) is 42.0 Å². The van der Waals surface area contributed by atoms with Crippen LogP contribution in [0.4, 0.5) is 0 Å². The summed E-state index contributed by atoms with van der Waals surface area (Å²) in [6, 6.07) is 11.3. The van der Waals surface area contributed by atoms with Gasteiger partial charge in [-0.1, -0.05) is 0 Å². The zero-order valence-electron chi connectivity index (χ0n) is 17.3. The molecule has 1 fully saturated rings. The van der Waals surface area contributed by atoms with Crippen LogP contribution in [0.25, 0.3) is 0 Å². The van der Waals surface area contributed by atoms with Crippen LogP contribution in [0.2, 0.25) is 0 Å². The zero-order chi connectivity index (χ0) is 20.9. The molecule has 0 spiro atoms. The molecule has 0 aromatic heterocycles. The minimum atomic E-state index is -0.0123. The van der Waals surface area contributed by atoms with Crippen LogP contribution in [0.15, 0.2) is 36.4 Å². The van der Waals surface area contributed by atoms with Gasteiger partial charge in [0.05, 0.1) is 26.7 Å². The first kappa shape index (κ1) is 20.2. The Hall–Kier alpha value is -3.09. The van der Waals surface area contributed by atoms with Gasteiger partial charge in [-0.2, -0.15) is 0 Å². The fourth-order valence-corrected chi connectivity index (χ4v) is 3.94. The molecule has 4 rings (SSSR count). The van der Waals surface area contributed by atoms with Crippen LogP contribution in [-0.4, -0.2) is 39.1 Å². The number of hydrogen-bond donors (Lipinski definition) is 1. The van der Waals surface area contributed by atoms with Crippen molar-refractivity contribution in [1.29, 1.82) is 0 Å². The SMILES string of the molecule is COc1ccc(OC)c(CC(=O)NC2CCC(Oc3ccc4c(c3)OCO4)CC2)c1. The number of methoxy groups -OCH3 is 2. The first-order valence-corrected chi connectivity index (χ1v) is 10.2. The fraction of sp³-hybridized carbons (Fsp3) is 0.435. The third kappa shape index (κ3) is 4.72. The van der Waals surface area contributed by atoms with Gasteiger partial charge in [-0.15, -0.1) is 0 Å². The van der Waals surface area contributed by atoms with Crippen molar-refractivity contribution in [3.63, 3.8) is 0 Å². The normalized spacial score (nSPS) is 19.8. The molecular formula is C23H27NO6. The molecule has 2 aromatic carbocycles. The number of amides is 1. The van der Waals surface area contributed by atoms with E-state index in [9.17, 15) is 4.79 Å². The third-order valence-electron chi connectivity index (χ3n) is 5.52. The molecule has 1 heterocycles. The molecule has 0 atom stereocenters. The average Bonchev–Trinajstić information content (AvgIpc) is 3.23. The zero-order valence-corrected chi connectivity index (χ0v) is 17.3. The Kier molecular flexibility index (Phi) is 6.16. The van der Waals surface area contributed by atoms with Gasteiger partial charge in [-0.3, -0.25) is 4.79 Å². The van der Waals surface area contributed by atoms with Crippen molar-refractivity contribution in [1.82, 2.24) is 5.32 Å². The van der Waals surface area contributed by atoms with Crippen molar-refractivity contribution >= 4 is 5.91 Å². The molecule has 0 unspecified atom stereocenters. The first-order chi connectivity index (χ1) is 14.6. The van der Waals surface area contributed by atoms with E-state index in [0.29, 0.717) is 11.5 Å². The molecule has 1 aliphatic carbocycles. The summed E-state index contributed by atoms with van der Waals surface area (Å²) in [6.45, 7) is 0.255. The number of benzene rings is 2. The lowest BCUT2D eigenvalue weighted by Gasteiger charge is -2.29. The molecule has 0 saturated heterocycles. The monoisotopic (exact) mass is 413 g/mol. The van der Waals surface area contributed by atoms with E-state index in [0.717, 1.165) is 48.5 Å². The highest BCUT2D eigenvalue weighted by atomic mass is 16.7. The predicted molar refractivity (Wildman–Crippen MR) is 111 cm³/mol.